The summed E-state index contributed by atoms with van der Waals surface area (Å²) in [7, 11) is -4.03. The highest BCUT2D eigenvalue weighted by atomic mass is 35.5. The number of benzene rings is 5. The average molecular weight is 698 g/mol. The summed E-state index contributed by atoms with van der Waals surface area (Å²) >= 11 is 6.17. The number of carbonyl (C=O) groups is 1. The fourth-order valence-electron chi connectivity index (χ4n) is 5.73. The first-order valence-corrected chi connectivity index (χ1v) is 18.1. The van der Waals surface area contributed by atoms with Crippen molar-refractivity contribution in [3.8, 4) is 5.75 Å². The molecule has 49 heavy (non-hydrogen) atoms. The summed E-state index contributed by atoms with van der Waals surface area (Å²) in [5.74, 6) is -1.07. The Kier molecular flexibility index (Phi) is 12.3. The number of aryl methyl sites for hydroxylation is 1. The minimum absolute atomic E-state index is 0.0745. The number of aliphatic hydroxyl groups is 1. The second-order valence-electron chi connectivity index (χ2n) is 12.0. The zero-order chi connectivity index (χ0) is 34.8. The van der Waals surface area contributed by atoms with Crippen molar-refractivity contribution in [1.29, 1.82) is 0 Å². The van der Waals surface area contributed by atoms with E-state index in [-0.39, 0.29) is 27.7 Å². The number of aliphatic hydroxyl groups excluding tert-OH is 1. The number of carboxylic acids is 1. The molecular weight excluding hydrogens is 658 g/mol. The molecule has 0 spiro atoms. The fourth-order valence-corrected chi connectivity index (χ4v) is 7.26. The summed E-state index contributed by atoms with van der Waals surface area (Å²) < 4.78 is 33.7. The smallest absolute Gasteiger partial charge is 0.339 e. The van der Waals surface area contributed by atoms with E-state index in [1.54, 1.807) is 36.4 Å². The van der Waals surface area contributed by atoms with E-state index in [4.69, 9.17) is 16.3 Å². The van der Waals surface area contributed by atoms with Gasteiger partial charge < -0.3 is 14.9 Å². The van der Waals surface area contributed by atoms with E-state index < -0.39 is 21.9 Å². The zero-order valence-corrected chi connectivity index (χ0v) is 28.9. The fraction of sp³-hybridized carbons (Fsp3) is 0.225. The molecule has 0 aliphatic carbocycles. The van der Waals surface area contributed by atoms with Gasteiger partial charge >= 0.3 is 5.97 Å². The van der Waals surface area contributed by atoms with Gasteiger partial charge in [-0.05, 0) is 77.1 Å². The van der Waals surface area contributed by atoms with Crippen molar-refractivity contribution in [3.63, 3.8) is 0 Å². The SMILES string of the molecule is CCCc1cc(S(=O)(=O)c2ccc(CCN(Cc3ccccc3)C[C@H](O)c3cccc(Cl)c3)cc2)cc(C(=O)O)c1OCc1ccccc1. The summed E-state index contributed by atoms with van der Waals surface area (Å²) in [6.45, 7) is 3.74. The van der Waals surface area contributed by atoms with Crippen molar-refractivity contribution in [2.24, 2.45) is 0 Å². The predicted molar refractivity (Wildman–Crippen MR) is 192 cm³/mol. The van der Waals surface area contributed by atoms with Crippen LogP contribution in [0.5, 0.6) is 5.75 Å². The Bertz CT molecular complexity index is 1950. The van der Waals surface area contributed by atoms with Crippen LogP contribution < -0.4 is 4.74 Å². The highest BCUT2D eigenvalue weighted by molar-refractivity contribution is 7.91. The monoisotopic (exact) mass is 697 g/mol. The third kappa shape index (κ3) is 9.58. The molecule has 7 nitrogen and oxygen atoms in total. The van der Waals surface area contributed by atoms with E-state index in [2.05, 4.69) is 4.90 Å². The number of sulfone groups is 1. The van der Waals surface area contributed by atoms with Gasteiger partial charge in [0.05, 0.1) is 15.9 Å². The molecule has 0 amide bonds. The van der Waals surface area contributed by atoms with Gasteiger partial charge in [0, 0.05) is 24.7 Å². The van der Waals surface area contributed by atoms with Crippen LogP contribution in [0.2, 0.25) is 5.02 Å². The van der Waals surface area contributed by atoms with Crippen LogP contribution in [0.25, 0.3) is 0 Å². The van der Waals surface area contributed by atoms with Crippen LogP contribution in [-0.4, -0.2) is 42.6 Å². The number of hydrogen-bond donors (Lipinski definition) is 2. The van der Waals surface area contributed by atoms with Gasteiger partial charge in [0.15, 0.2) is 0 Å². The van der Waals surface area contributed by atoms with Crippen LogP contribution in [-0.2, 0) is 35.8 Å². The molecule has 0 bridgehead atoms. The van der Waals surface area contributed by atoms with E-state index >= 15 is 0 Å². The molecule has 1 atom stereocenters. The Morgan fingerprint density at radius 1 is 0.796 bits per heavy atom. The maximum absolute atomic E-state index is 13.8. The van der Waals surface area contributed by atoms with Gasteiger partial charge in [-0.1, -0.05) is 110 Å². The van der Waals surface area contributed by atoms with Crippen LogP contribution in [0.15, 0.2) is 131 Å². The van der Waals surface area contributed by atoms with Crippen molar-refractivity contribution in [3.05, 3.63) is 160 Å². The topological polar surface area (TPSA) is 104 Å². The lowest BCUT2D eigenvalue weighted by molar-refractivity contribution is 0.0691. The van der Waals surface area contributed by atoms with E-state index in [0.29, 0.717) is 49.5 Å². The minimum Gasteiger partial charge on any atom is -0.488 e. The Morgan fingerprint density at radius 2 is 1.47 bits per heavy atom. The molecule has 0 radical (unpaired) electrons. The van der Waals surface area contributed by atoms with Gasteiger partial charge in [0.1, 0.15) is 17.9 Å². The molecule has 0 heterocycles. The van der Waals surface area contributed by atoms with Crippen molar-refractivity contribution in [2.75, 3.05) is 13.1 Å². The molecule has 5 aromatic rings. The molecular formula is C40H40ClNO6S. The lowest BCUT2D eigenvalue weighted by atomic mass is 10.0. The van der Waals surface area contributed by atoms with Crippen LogP contribution >= 0.6 is 11.6 Å². The Morgan fingerprint density at radius 3 is 2.10 bits per heavy atom. The number of carboxylic acid groups (broad SMARTS) is 1. The van der Waals surface area contributed by atoms with Gasteiger partial charge in [-0.15, -0.1) is 0 Å². The lowest BCUT2D eigenvalue weighted by Gasteiger charge is -2.25. The molecule has 0 saturated heterocycles. The zero-order valence-electron chi connectivity index (χ0n) is 27.3. The molecule has 5 rings (SSSR count). The highest BCUT2D eigenvalue weighted by Gasteiger charge is 2.25. The molecule has 0 fully saturated rings. The van der Waals surface area contributed by atoms with Crippen molar-refractivity contribution in [1.82, 2.24) is 4.90 Å². The lowest BCUT2D eigenvalue weighted by Crippen LogP contribution is -2.30. The van der Waals surface area contributed by atoms with Crippen molar-refractivity contribution < 1.29 is 28.2 Å². The van der Waals surface area contributed by atoms with Crippen molar-refractivity contribution >= 4 is 27.4 Å². The van der Waals surface area contributed by atoms with E-state index in [1.807, 2.05) is 79.7 Å². The number of nitrogens with zero attached hydrogens (tertiary/aromatic N) is 1. The molecule has 254 valence electrons. The maximum Gasteiger partial charge on any atom is 0.339 e. The molecule has 9 heteroatoms. The molecule has 0 saturated carbocycles. The van der Waals surface area contributed by atoms with E-state index in [0.717, 1.165) is 22.3 Å². The summed E-state index contributed by atoms with van der Waals surface area (Å²) in [5.41, 5.74) is 4.00. The average Bonchev–Trinajstić information content (AvgIpc) is 3.11. The van der Waals surface area contributed by atoms with Gasteiger partial charge in [-0.25, -0.2) is 13.2 Å². The van der Waals surface area contributed by atoms with Crippen LogP contribution in [0.1, 0.15) is 57.6 Å². The summed E-state index contributed by atoms with van der Waals surface area (Å²) in [6.07, 6.45) is 1.01. The molecule has 0 unspecified atom stereocenters. The van der Waals surface area contributed by atoms with Crippen LogP contribution in [0.4, 0.5) is 0 Å². The van der Waals surface area contributed by atoms with E-state index in [1.165, 1.54) is 12.1 Å². The first-order chi connectivity index (χ1) is 23.6. The minimum atomic E-state index is -4.03. The Hall–Kier alpha value is -4.47. The maximum atomic E-state index is 13.8. The molecule has 0 aliphatic rings. The molecule has 0 aliphatic heterocycles. The van der Waals surface area contributed by atoms with Crippen LogP contribution in [0, 0.1) is 0 Å². The molecule has 5 aromatic carbocycles. The number of hydrogen-bond acceptors (Lipinski definition) is 6. The quantitative estimate of drug-likeness (QED) is 0.107. The van der Waals surface area contributed by atoms with Gasteiger partial charge in [-0.3, -0.25) is 4.90 Å². The molecule has 2 N–H and O–H groups in total. The number of ether oxygens (including phenoxy) is 1. The summed E-state index contributed by atoms with van der Waals surface area (Å²) in [4.78, 5) is 14.5. The van der Waals surface area contributed by atoms with E-state index in [9.17, 15) is 23.4 Å². The third-order valence-corrected chi connectivity index (χ3v) is 10.3. The number of aromatic carboxylic acids is 1. The largest absolute Gasteiger partial charge is 0.488 e. The molecule has 0 aromatic heterocycles. The first-order valence-electron chi connectivity index (χ1n) is 16.2. The summed E-state index contributed by atoms with van der Waals surface area (Å²) in [5, 5.41) is 21.7. The first kappa shape index (κ1) is 35.8. The standard InChI is InChI=1S/C40H40ClNO6S/c1-2-10-33-24-36(25-37(40(44)45)39(33)48-28-31-13-7-4-8-14-31)49(46,47)35-19-17-29(18-20-35)21-22-42(26-30-11-5-3-6-12-30)27-38(43)32-15-9-16-34(41)23-32/h3-9,11-20,23-25,38,43H,2,10,21-22,26-28H2,1H3,(H,44,45)/t38-/m0/s1. The Balaban J connectivity index is 1.34. The Labute approximate surface area is 293 Å². The second-order valence-corrected chi connectivity index (χ2v) is 14.4. The number of rotatable bonds is 16. The normalized spacial score (nSPS) is 12.2. The van der Waals surface area contributed by atoms with Crippen molar-refractivity contribution in [2.45, 2.75) is 55.2 Å². The highest BCUT2D eigenvalue weighted by Crippen LogP contribution is 2.33. The summed E-state index contributed by atoms with van der Waals surface area (Å²) in [6, 6.07) is 36.0. The third-order valence-electron chi connectivity index (χ3n) is 8.29. The number of halogens is 1. The van der Waals surface area contributed by atoms with Gasteiger partial charge in [0.2, 0.25) is 9.84 Å². The van der Waals surface area contributed by atoms with Gasteiger partial charge in [0.25, 0.3) is 0 Å². The predicted octanol–water partition coefficient (Wildman–Crippen LogP) is 8.18. The van der Waals surface area contributed by atoms with Crippen LogP contribution in [0.3, 0.4) is 0 Å². The second kappa shape index (κ2) is 16.8. The van der Waals surface area contributed by atoms with Gasteiger partial charge in [-0.2, -0.15) is 0 Å².